The predicted molar refractivity (Wildman–Crippen MR) is 191 cm³/mol. The molecule has 0 bridgehead atoms. The third kappa shape index (κ3) is 8.12. The number of aliphatic hydroxyl groups is 1. The molecule has 3 N–H and O–H groups in total. The summed E-state index contributed by atoms with van der Waals surface area (Å²) < 4.78 is 13.4. The Morgan fingerprint density at radius 2 is 1.56 bits per heavy atom. The van der Waals surface area contributed by atoms with Crippen LogP contribution in [0.25, 0.3) is 21.9 Å². The first-order valence-electron chi connectivity index (χ1n) is 16.8. The lowest BCUT2D eigenvalue weighted by Crippen LogP contribution is -2.38. The Morgan fingerprint density at radius 3 is 2.33 bits per heavy atom. The van der Waals surface area contributed by atoms with Crippen LogP contribution in [-0.2, 0) is 22.6 Å². The molecule has 7 heteroatoms. The summed E-state index contributed by atoms with van der Waals surface area (Å²) in [6.07, 6.45) is -0.0905. The number of nitrogens with zero attached hydrogens (tertiary/aromatic N) is 1. The lowest BCUT2D eigenvalue weighted by Gasteiger charge is -2.39. The number of hydrogen-bond acceptors (Lipinski definition) is 5. The summed E-state index contributed by atoms with van der Waals surface area (Å²) in [4.78, 5) is 14.3. The SMILES string of the molecule is CCNC(=O)NCc1cccc(-c2cccc([C@H]3O[C@@H](CN(C)[C@H](C)c4ccc5ccccc5c4)C[C@@H](c4ccc(CO)cc4)O3)c2)c1. The van der Waals surface area contributed by atoms with E-state index in [0.29, 0.717) is 19.5 Å². The smallest absolute Gasteiger partial charge is 0.315 e. The summed E-state index contributed by atoms with van der Waals surface area (Å²) in [5.74, 6) is 0. The third-order valence-corrected chi connectivity index (χ3v) is 9.23. The molecule has 1 aliphatic heterocycles. The number of amides is 2. The second kappa shape index (κ2) is 15.6. The number of likely N-dealkylation sites (N-methyl/N-ethyl adjacent to an activating group) is 1. The van der Waals surface area contributed by atoms with Crippen LogP contribution in [-0.4, -0.2) is 42.3 Å². The van der Waals surface area contributed by atoms with E-state index in [9.17, 15) is 9.90 Å². The Balaban J connectivity index is 1.22. The highest BCUT2D eigenvalue weighted by atomic mass is 16.7. The van der Waals surface area contributed by atoms with Crippen LogP contribution in [0.4, 0.5) is 4.79 Å². The van der Waals surface area contributed by atoms with Crippen molar-refractivity contribution in [3.8, 4) is 11.1 Å². The molecular weight excluding hydrogens is 598 g/mol. The van der Waals surface area contributed by atoms with Gasteiger partial charge in [-0.3, -0.25) is 4.90 Å². The molecule has 2 amide bonds. The second-order valence-corrected chi connectivity index (χ2v) is 12.6. The molecule has 0 radical (unpaired) electrons. The number of carbonyl (C=O) groups excluding carboxylic acids is 1. The standard InChI is InChI=1S/C41H45N3O4/c1-4-42-41(46)43-25-30-9-7-12-34(21-30)36-13-8-14-37(23-36)40-47-38(24-39(48-40)32-17-15-29(27-45)16-18-32)26-44(3)28(2)33-20-19-31-10-5-6-11-35(31)22-33/h5-23,28,38-40,45H,4,24-27H2,1-3H3,(H2,42,43,46)/t28-,38-,39+,40+/m1/s1. The van der Waals surface area contributed by atoms with Crippen LogP contribution in [0.5, 0.6) is 0 Å². The van der Waals surface area contributed by atoms with Gasteiger partial charge in [0.15, 0.2) is 6.29 Å². The molecule has 0 spiro atoms. The van der Waals surface area contributed by atoms with Crippen LogP contribution in [0, 0.1) is 0 Å². The average molecular weight is 644 g/mol. The van der Waals surface area contributed by atoms with Crippen LogP contribution in [0.1, 0.15) is 66.5 Å². The minimum absolute atomic E-state index is 0.00755. The number of hydrogen-bond donors (Lipinski definition) is 3. The van der Waals surface area contributed by atoms with Crippen molar-refractivity contribution in [3.63, 3.8) is 0 Å². The first-order valence-corrected chi connectivity index (χ1v) is 16.8. The van der Waals surface area contributed by atoms with E-state index in [-0.39, 0.29) is 30.9 Å². The number of nitrogens with one attached hydrogen (secondary N) is 2. The molecule has 1 fully saturated rings. The minimum atomic E-state index is -0.557. The van der Waals surface area contributed by atoms with Crippen LogP contribution in [0.3, 0.4) is 0 Å². The Labute approximate surface area is 283 Å². The van der Waals surface area contributed by atoms with Gasteiger partial charge in [0, 0.05) is 37.7 Å². The zero-order valence-corrected chi connectivity index (χ0v) is 27.9. The fraction of sp³-hybridized carbons (Fsp3) is 0.293. The number of carbonyl (C=O) groups is 1. The van der Waals surface area contributed by atoms with E-state index in [1.165, 1.54) is 16.3 Å². The quantitative estimate of drug-likeness (QED) is 0.136. The summed E-state index contributed by atoms with van der Waals surface area (Å²) in [6, 6.07) is 39.7. The molecule has 1 saturated heterocycles. The van der Waals surface area contributed by atoms with E-state index >= 15 is 0 Å². The van der Waals surface area contributed by atoms with Crippen molar-refractivity contribution in [1.82, 2.24) is 15.5 Å². The summed E-state index contributed by atoms with van der Waals surface area (Å²) in [6.45, 7) is 5.91. The normalized spacial score (nSPS) is 18.5. The Morgan fingerprint density at radius 1 is 0.812 bits per heavy atom. The molecule has 7 nitrogen and oxygen atoms in total. The molecule has 5 aromatic carbocycles. The van der Waals surface area contributed by atoms with Gasteiger partial charge in [-0.25, -0.2) is 4.79 Å². The van der Waals surface area contributed by atoms with Gasteiger partial charge in [0.25, 0.3) is 0 Å². The number of benzene rings is 5. The molecule has 1 heterocycles. The number of rotatable bonds is 11. The molecule has 0 aliphatic carbocycles. The largest absolute Gasteiger partial charge is 0.392 e. The zero-order chi connectivity index (χ0) is 33.5. The van der Waals surface area contributed by atoms with Crippen molar-refractivity contribution < 1.29 is 19.4 Å². The molecular formula is C41H45N3O4. The molecule has 5 aromatic rings. The zero-order valence-electron chi connectivity index (χ0n) is 27.9. The second-order valence-electron chi connectivity index (χ2n) is 12.6. The van der Waals surface area contributed by atoms with Gasteiger partial charge in [0.2, 0.25) is 0 Å². The van der Waals surface area contributed by atoms with Gasteiger partial charge < -0.3 is 25.2 Å². The van der Waals surface area contributed by atoms with E-state index in [1.807, 2.05) is 49.4 Å². The summed E-state index contributed by atoms with van der Waals surface area (Å²) in [5, 5.41) is 17.8. The minimum Gasteiger partial charge on any atom is -0.392 e. The van der Waals surface area contributed by atoms with E-state index in [1.54, 1.807) is 0 Å². The van der Waals surface area contributed by atoms with Gasteiger partial charge >= 0.3 is 6.03 Å². The van der Waals surface area contributed by atoms with Crippen molar-refractivity contribution in [2.24, 2.45) is 0 Å². The Hall–Kier alpha value is -4.53. The molecule has 0 unspecified atom stereocenters. The van der Waals surface area contributed by atoms with Crippen molar-refractivity contribution in [1.29, 1.82) is 0 Å². The molecule has 248 valence electrons. The number of aliphatic hydroxyl groups excluding tert-OH is 1. The van der Waals surface area contributed by atoms with Gasteiger partial charge in [-0.05, 0) is 83.2 Å². The number of ether oxygens (including phenoxy) is 2. The van der Waals surface area contributed by atoms with Gasteiger partial charge in [-0.2, -0.15) is 0 Å². The maximum absolute atomic E-state index is 11.9. The lowest BCUT2D eigenvalue weighted by molar-refractivity contribution is -0.253. The Kier molecular flexibility index (Phi) is 10.8. The fourth-order valence-electron chi connectivity index (χ4n) is 6.37. The van der Waals surface area contributed by atoms with Gasteiger partial charge in [0.1, 0.15) is 0 Å². The third-order valence-electron chi connectivity index (χ3n) is 9.23. The first-order chi connectivity index (χ1) is 23.4. The topological polar surface area (TPSA) is 83.1 Å². The highest BCUT2D eigenvalue weighted by Gasteiger charge is 2.33. The van der Waals surface area contributed by atoms with E-state index in [0.717, 1.165) is 39.9 Å². The van der Waals surface area contributed by atoms with Crippen LogP contribution in [0.15, 0.2) is 115 Å². The molecule has 1 aliphatic rings. The fourth-order valence-corrected chi connectivity index (χ4v) is 6.37. The van der Waals surface area contributed by atoms with E-state index in [4.69, 9.17) is 9.47 Å². The molecule has 6 rings (SSSR count). The monoisotopic (exact) mass is 643 g/mol. The summed E-state index contributed by atoms with van der Waals surface area (Å²) >= 11 is 0. The average Bonchev–Trinajstić information content (AvgIpc) is 3.13. The highest BCUT2D eigenvalue weighted by Crippen LogP contribution is 2.39. The maximum Gasteiger partial charge on any atom is 0.315 e. The van der Waals surface area contributed by atoms with Crippen molar-refractivity contribution in [2.45, 2.75) is 58.0 Å². The Bertz CT molecular complexity index is 1820. The lowest BCUT2D eigenvalue weighted by atomic mass is 9.97. The van der Waals surface area contributed by atoms with Crippen LogP contribution >= 0.6 is 0 Å². The van der Waals surface area contributed by atoms with Crippen molar-refractivity contribution in [2.75, 3.05) is 20.1 Å². The van der Waals surface area contributed by atoms with Crippen LogP contribution in [0.2, 0.25) is 0 Å². The van der Waals surface area contributed by atoms with Gasteiger partial charge in [0.05, 0.1) is 18.8 Å². The summed E-state index contributed by atoms with van der Waals surface area (Å²) in [7, 11) is 2.16. The van der Waals surface area contributed by atoms with Crippen LogP contribution < -0.4 is 10.6 Å². The van der Waals surface area contributed by atoms with Crippen molar-refractivity contribution >= 4 is 16.8 Å². The number of fused-ring (bicyclic) bond motifs is 1. The maximum atomic E-state index is 11.9. The number of urea groups is 1. The molecule has 0 aromatic heterocycles. The first kappa shape index (κ1) is 33.4. The van der Waals surface area contributed by atoms with Crippen molar-refractivity contribution in [3.05, 3.63) is 143 Å². The van der Waals surface area contributed by atoms with Gasteiger partial charge in [-0.1, -0.05) is 97.1 Å². The van der Waals surface area contributed by atoms with E-state index in [2.05, 4.69) is 102 Å². The highest BCUT2D eigenvalue weighted by molar-refractivity contribution is 5.83. The molecule has 4 atom stereocenters. The summed E-state index contributed by atoms with van der Waals surface area (Å²) in [5.41, 5.74) is 7.28. The van der Waals surface area contributed by atoms with Gasteiger partial charge in [-0.15, -0.1) is 0 Å². The van der Waals surface area contributed by atoms with E-state index < -0.39 is 6.29 Å². The molecule has 48 heavy (non-hydrogen) atoms. The predicted octanol–water partition coefficient (Wildman–Crippen LogP) is 8.06. The molecule has 0 saturated carbocycles.